The van der Waals surface area contributed by atoms with Crippen LogP contribution in [0.3, 0.4) is 0 Å². The number of anilines is 1. The normalized spacial score (nSPS) is 28.1. The van der Waals surface area contributed by atoms with Gasteiger partial charge in [-0.15, -0.1) is 0 Å². The summed E-state index contributed by atoms with van der Waals surface area (Å²) >= 11 is 5.16. The lowest BCUT2D eigenvalue weighted by molar-refractivity contribution is -0.162. The van der Waals surface area contributed by atoms with Crippen LogP contribution < -0.4 is 20.9 Å². The molecule has 130 valence electrons. The van der Waals surface area contributed by atoms with Gasteiger partial charge in [0, 0.05) is 18.2 Å². The van der Waals surface area contributed by atoms with E-state index in [1.807, 2.05) is 12.1 Å². The van der Waals surface area contributed by atoms with Gasteiger partial charge < -0.3 is 15.2 Å². The number of fused-ring (bicyclic) bond motifs is 3. The summed E-state index contributed by atoms with van der Waals surface area (Å²) in [5.41, 5.74) is 4.60. The molecule has 0 unspecified atom stereocenters. The van der Waals surface area contributed by atoms with E-state index in [-0.39, 0.29) is 11.0 Å². The van der Waals surface area contributed by atoms with Crippen molar-refractivity contribution < 1.29 is 14.6 Å². The molecule has 3 aliphatic heterocycles. The third kappa shape index (κ3) is 3.45. The van der Waals surface area contributed by atoms with Crippen LogP contribution in [0.1, 0.15) is 12.8 Å². The second-order valence-corrected chi connectivity index (χ2v) is 6.64. The number of carbonyl (C=O) groups excluding carboxylic acids is 1. The van der Waals surface area contributed by atoms with Gasteiger partial charge in [0.15, 0.2) is 10.7 Å². The summed E-state index contributed by atoms with van der Waals surface area (Å²) in [5.74, 6) is 0.320. The highest BCUT2D eigenvalue weighted by Gasteiger charge is 2.50. The minimum Gasteiger partial charge on any atom is -0.497 e. The molecular formula is C16H22N4O3S. The van der Waals surface area contributed by atoms with E-state index >= 15 is 0 Å². The molecule has 3 heterocycles. The Hall–Kier alpha value is -1.90. The molecule has 0 aromatic heterocycles. The summed E-state index contributed by atoms with van der Waals surface area (Å²) < 4.78 is 5.09. The number of piperidine rings is 3. The van der Waals surface area contributed by atoms with E-state index < -0.39 is 11.5 Å². The van der Waals surface area contributed by atoms with Gasteiger partial charge in [-0.2, -0.15) is 0 Å². The molecule has 0 aliphatic carbocycles. The fourth-order valence-corrected chi connectivity index (χ4v) is 3.52. The Balaban J connectivity index is 1.51. The first-order valence-electron chi connectivity index (χ1n) is 7.97. The van der Waals surface area contributed by atoms with Crippen LogP contribution in [0.25, 0.3) is 0 Å². The van der Waals surface area contributed by atoms with Crippen molar-refractivity contribution in [2.75, 3.05) is 32.1 Å². The van der Waals surface area contributed by atoms with E-state index in [0.29, 0.717) is 6.54 Å². The number of hydrogen-bond acceptors (Lipinski definition) is 5. The molecule has 2 bridgehead atoms. The second kappa shape index (κ2) is 6.92. The van der Waals surface area contributed by atoms with Crippen LogP contribution >= 0.6 is 12.2 Å². The molecule has 8 heteroatoms. The van der Waals surface area contributed by atoms with Crippen LogP contribution in [0.4, 0.5) is 5.69 Å². The molecule has 7 nitrogen and oxygen atoms in total. The van der Waals surface area contributed by atoms with Gasteiger partial charge in [0.05, 0.1) is 7.11 Å². The highest BCUT2D eigenvalue weighted by molar-refractivity contribution is 7.80. The van der Waals surface area contributed by atoms with Crippen LogP contribution in [-0.2, 0) is 4.79 Å². The largest absolute Gasteiger partial charge is 0.497 e. The van der Waals surface area contributed by atoms with Gasteiger partial charge in [0.2, 0.25) is 0 Å². The van der Waals surface area contributed by atoms with E-state index in [4.69, 9.17) is 17.0 Å². The molecule has 3 aliphatic rings. The summed E-state index contributed by atoms with van der Waals surface area (Å²) in [7, 11) is 1.60. The zero-order chi connectivity index (χ0) is 17.2. The Morgan fingerprint density at radius 3 is 2.50 bits per heavy atom. The molecule has 0 radical (unpaired) electrons. The standard InChI is InChI=1S/C16H22N4O3S/c1-23-13-4-2-12(3-5-13)17-15(24)19-18-14(21)16(22)10-20-8-6-11(16)7-9-20/h2-5,11,22H,6-10H2,1H3,(H,18,21)(H2,17,19,24)/t16-/m0/s1. The average molecular weight is 350 g/mol. The van der Waals surface area contributed by atoms with Gasteiger partial charge in [-0.1, -0.05) is 0 Å². The van der Waals surface area contributed by atoms with Gasteiger partial charge in [-0.25, -0.2) is 0 Å². The fraction of sp³-hybridized carbons (Fsp3) is 0.500. The van der Waals surface area contributed by atoms with Crippen LogP contribution in [0, 0.1) is 5.92 Å². The first-order chi connectivity index (χ1) is 11.5. The minimum absolute atomic E-state index is 0.00687. The first kappa shape index (κ1) is 16.9. The molecule has 1 aromatic rings. The Morgan fingerprint density at radius 2 is 1.96 bits per heavy atom. The monoisotopic (exact) mass is 350 g/mol. The predicted molar refractivity (Wildman–Crippen MR) is 94.6 cm³/mol. The quantitative estimate of drug-likeness (QED) is 0.466. The summed E-state index contributed by atoms with van der Waals surface area (Å²) in [5, 5.41) is 13.9. The van der Waals surface area contributed by atoms with Gasteiger partial charge in [-0.3, -0.25) is 20.5 Å². The SMILES string of the molecule is COc1ccc(NC(=S)NNC(=O)[C@]2(O)CN3CCC2CC3)cc1. The van der Waals surface area contributed by atoms with Crippen molar-refractivity contribution in [2.45, 2.75) is 18.4 Å². The number of thiocarbonyl (C=S) groups is 1. The summed E-state index contributed by atoms with van der Waals surface area (Å²) in [6.07, 6.45) is 1.69. The maximum atomic E-state index is 12.4. The molecule has 3 saturated heterocycles. The van der Waals surface area contributed by atoms with Crippen molar-refractivity contribution in [3.63, 3.8) is 0 Å². The summed E-state index contributed by atoms with van der Waals surface area (Å²) in [4.78, 5) is 14.5. The zero-order valence-corrected chi connectivity index (χ0v) is 14.4. The number of hydrazine groups is 1. The second-order valence-electron chi connectivity index (χ2n) is 6.24. The summed E-state index contributed by atoms with van der Waals surface area (Å²) in [6.45, 7) is 2.28. The maximum Gasteiger partial charge on any atom is 0.271 e. The number of nitrogens with one attached hydrogen (secondary N) is 3. The first-order valence-corrected chi connectivity index (χ1v) is 8.38. The van der Waals surface area contributed by atoms with E-state index in [1.54, 1.807) is 19.2 Å². The van der Waals surface area contributed by atoms with E-state index in [9.17, 15) is 9.90 Å². The number of methoxy groups -OCH3 is 1. The van der Waals surface area contributed by atoms with Crippen molar-refractivity contribution in [3.8, 4) is 5.75 Å². The van der Waals surface area contributed by atoms with Gasteiger partial charge in [0.1, 0.15) is 5.75 Å². The number of aliphatic hydroxyl groups is 1. The highest BCUT2D eigenvalue weighted by atomic mass is 32.1. The summed E-state index contributed by atoms with van der Waals surface area (Å²) in [6, 6.07) is 7.24. The molecular weight excluding hydrogens is 328 g/mol. The minimum atomic E-state index is -1.35. The average Bonchev–Trinajstić information content (AvgIpc) is 2.61. The van der Waals surface area contributed by atoms with E-state index in [1.165, 1.54) is 0 Å². The van der Waals surface area contributed by atoms with Crippen molar-refractivity contribution in [1.29, 1.82) is 0 Å². The smallest absolute Gasteiger partial charge is 0.271 e. The lowest BCUT2D eigenvalue weighted by atomic mass is 9.75. The van der Waals surface area contributed by atoms with Crippen LogP contribution in [0.5, 0.6) is 5.75 Å². The Kier molecular flexibility index (Phi) is 4.88. The number of benzene rings is 1. The van der Waals surface area contributed by atoms with Gasteiger partial charge in [0.25, 0.3) is 5.91 Å². The Morgan fingerprint density at radius 1 is 1.29 bits per heavy atom. The van der Waals surface area contributed by atoms with Gasteiger partial charge in [-0.05, 0) is 62.4 Å². The van der Waals surface area contributed by atoms with Crippen molar-refractivity contribution >= 4 is 28.9 Å². The van der Waals surface area contributed by atoms with Crippen LogP contribution in [-0.4, -0.2) is 53.4 Å². The molecule has 0 saturated carbocycles. The number of ether oxygens (including phenoxy) is 1. The van der Waals surface area contributed by atoms with Crippen LogP contribution in [0.15, 0.2) is 24.3 Å². The van der Waals surface area contributed by atoms with Gasteiger partial charge >= 0.3 is 0 Å². The molecule has 4 rings (SSSR count). The lowest BCUT2D eigenvalue weighted by Gasteiger charge is -2.49. The molecule has 0 spiro atoms. The Bertz CT molecular complexity index is 616. The number of nitrogens with zero attached hydrogens (tertiary/aromatic N) is 1. The van der Waals surface area contributed by atoms with E-state index in [0.717, 1.165) is 37.4 Å². The predicted octanol–water partition coefficient (Wildman–Crippen LogP) is 0.469. The van der Waals surface area contributed by atoms with Crippen LogP contribution in [0.2, 0.25) is 0 Å². The van der Waals surface area contributed by atoms with Crippen molar-refractivity contribution in [3.05, 3.63) is 24.3 Å². The van der Waals surface area contributed by atoms with Crippen molar-refractivity contribution in [1.82, 2.24) is 15.8 Å². The number of hydrogen-bond donors (Lipinski definition) is 4. The maximum absolute atomic E-state index is 12.4. The molecule has 1 aromatic carbocycles. The topological polar surface area (TPSA) is 85.9 Å². The number of carbonyl (C=O) groups is 1. The number of rotatable bonds is 3. The lowest BCUT2D eigenvalue weighted by Crippen LogP contribution is -2.67. The molecule has 4 N–H and O–H groups in total. The molecule has 1 amide bonds. The third-order valence-electron chi connectivity index (χ3n) is 4.76. The Labute approximate surface area is 146 Å². The fourth-order valence-electron chi connectivity index (χ4n) is 3.35. The third-order valence-corrected chi connectivity index (χ3v) is 4.96. The number of amides is 1. The molecule has 24 heavy (non-hydrogen) atoms. The molecule has 3 fully saturated rings. The highest BCUT2D eigenvalue weighted by Crippen LogP contribution is 2.35. The van der Waals surface area contributed by atoms with Crippen molar-refractivity contribution in [2.24, 2.45) is 5.92 Å². The zero-order valence-electron chi connectivity index (χ0n) is 13.5. The van der Waals surface area contributed by atoms with E-state index in [2.05, 4.69) is 21.1 Å². The molecule has 1 atom stereocenters.